The summed E-state index contributed by atoms with van der Waals surface area (Å²) in [6.45, 7) is 16.6. The minimum Gasteiger partial charge on any atom is -0.507 e. The first-order chi connectivity index (χ1) is 67.6. The number of aromatic nitrogens is 8. The van der Waals surface area contributed by atoms with Crippen LogP contribution < -0.4 is 0 Å². The van der Waals surface area contributed by atoms with Crippen LogP contribution in [-0.4, -0.2) is 101 Å². The average Bonchev–Trinajstić information content (AvgIpc) is 1.57. The van der Waals surface area contributed by atoms with E-state index in [9.17, 15) is 60.0 Å². The fourth-order valence-corrected chi connectivity index (χ4v) is 21.1. The molecule has 0 aliphatic heterocycles. The average molecular weight is 1870 g/mol. The highest BCUT2D eigenvalue weighted by atomic mass is 16.3. The third-order valence-electron chi connectivity index (χ3n) is 27.1. The second-order valence-corrected chi connectivity index (χ2v) is 37.3. The number of phenolic OH excluding ortho intramolecular Hbond substituents is 8. The summed E-state index contributed by atoms with van der Waals surface area (Å²) in [5, 5.41) is 115. The number of para-hydroxylation sites is 8. The number of nitrogens with zero attached hydrogens (tertiary/aromatic N) is 8. The van der Waals surface area contributed by atoms with Crippen LogP contribution in [0.3, 0.4) is 0 Å². The molecule has 0 aliphatic carbocycles. The molecule has 0 saturated heterocycles. The van der Waals surface area contributed by atoms with Gasteiger partial charge in [0.2, 0.25) is 0 Å². The van der Waals surface area contributed by atoms with Crippen molar-refractivity contribution in [3.05, 3.63) is 267 Å². The summed E-state index contributed by atoms with van der Waals surface area (Å²) >= 11 is 0. The van der Waals surface area contributed by atoms with Crippen molar-refractivity contribution in [2.24, 2.45) is 56.4 Å². The fourth-order valence-electron chi connectivity index (χ4n) is 21.1. The number of aryl methyl sites for hydroxylation is 8. The Morgan fingerprint density at radius 3 is 0.489 bits per heavy atom. The largest absolute Gasteiger partial charge is 0.507 e. The zero-order valence-corrected chi connectivity index (χ0v) is 82.3. The lowest BCUT2D eigenvalue weighted by atomic mass is 9.89. The van der Waals surface area contributed by atoms with Crippen LogP contribution in [0.2, 0.25) is 0 Å². The monoisotopic (exact) mass is 1870 g/mol. The van der Waals surface area contributed by atoms with E-state index in [0.29, 0.717) is 66.8 Å². The maximum absolute atomic E-state index is 13.0. The highest BCUT2D eigenvalue weighted by Crippen LogP contribution is 2.59. The number of hydrogen-bond donors (Lipinski definition) is 8. The number of phenols is 8. The quantitative estimate of drug-likeness (QED) is 0.0706. The van der Waals surface area contributed by atoms with Gasteiger partial charge >= 0.3 is 0 Å². The van der Waals surface area contributed by atoms with Crippen molar-refractivity contribution in [2.75, 3.05) is 0 Å². The summed E-state index contributed by atoms with van der Waals surface area (Å²) in [7, 11) is 15.9. The molecule has 8 N–H and O–H groups in total. The molecule has 24 aromatic rings. The van der Waals surface area contributed by atoms with E-state index in [0.717, 1.165) is 174 Å². The van der Waals surface area contributed by atoms with E-state index in [4.69, 9.17) is 0 Å². The lowest BCUT2D eigenvalue weighted by molar-refractivity contribution is -0.115. The van der Waals surface area contributed by atoms with Gasteiger partial charge < -0.3 is 96.6 Å². The summed E-state index contributed by atoms with van der Waals surface area (Å²) in [6.07, 6.45) is 4.08. The summed E-state index contributed by atoms with van der Waals surface area (Å²) in [6, 6.07) is 87.8. The number of benzene rings is 16. The van der Waals surface area contributed by atoms with Gasteiger partial charge in [-0.3, -0.25) is 0 Å². The van der Waals surface area contributed by atoms with Crippen LogP contribution in [0, 0.1) is 0 Å². The molecular weight excluding hydrogens is 1760 g/mol. The number of rotatable bonds is 8. The number of fused-ring (bicyclic) bond motifs is 24. The minimum absolute atomic E-state index is 0.0233. The third-order valence-corrected chi connectivity index (χ3v) is 27.1. The van der Waals surface area contributed by atoms with Crippen molar-refractivity contribution in [2.45, 2.75) is 88.5 Å². The second-order valence-electron chi connectivity index (χ2n) is 37.3. The molecule has 0 spiro atoms. The number of Topliss-reactive ketones (excluding diaryl/α,β-unsaturated/α-hetero) is 4. The van der Waals surface area contributed by atoms with Gasteiger partial charge in [-0.05, 0) is 152 Å². The summed E-state index contributed by atoms with van der Waals surface area (Å²) in [4.78, 5) is 37.8. The number of hydrogen-bond acceptors (Lipinski definition) is 12. The van der Waals surface area contributed by atoms with Crippen molar-refractivity contribution >= 4 is 198 Å². The molecule has 0 atom stereocenters. The Kier molecular flexibility index (Phi) is 24.9. The lowest BCUT2D eigenvalue weighted by Crippen LogP contribution is -1.96. The molecule has 708 valence electrons. The highest BCUT2D eigenvalue weighted by Gasteiger charge is 2.33. The lowest BCUT2D eigenvalue weighted by Gasteiger charge is -2.19. The minimum atomic E-state index is -0.0853. The third kappa shape index (κ3) is 15.9. The van der Waals surface area contributed by atoms with Crippen LogP contribution in [0.25, 0.3) is 241 Å². The molecule has 16 aromatic carbocycles. The van der Waals surface area contributed by atoms with E-state index in [1.54, 1.807) is 24.3 Å². The second kappa shape index (κ2) is 37.1. The zero-order valence-electron chi connectivity index (χ0n) is 82.3. The fraction of sp³-hybridized carbons (Fsp3) is 0.174. The van der Waals surface area contributed by atoms with E-state index in [2.05, 4.69) is 123 Å². The van der Waals surface area contributed by atoms with Gasteiger partial charge in [0.05, 0.1) is 66.4 Å². The van der Waals surface area contributed by atoms with Crippen molar-refractivity contribution in [3.8, 4) is 113 Å². The zero-order chi connectivity index (χ0) is 100. The number of carbonyl (C=O) groups excluding carboxylic acids is 4. The number of carbonyl (C=O) groups is 4. The molecule has 0 amide bonds. The summed E-state index contributed by atoms with van der Waals surface area (Å²) < 4.78 is 16.5. The Balaban J connectivity index is 0.000000156. The van der Waals surface area contributed by atoms with Crippen LogP contribution >= 0.6 is 0 Å². The Morgan fingerprint density at radius 1 is 0.191 bits per heavy atom. The Hall–Kier alpha value is -17.0. The topological polar surface area (TPSA) is 270 Å². The van der Waals surface area contributed by atoms with E-state index in [1.165, 1.54) is 74.7 Å². The first-order valence-electron chi connectivity index (χ1n) is 47.2. The van der Waals surface area contributed by atoms with E-state index >= 15 is 0 Å². The molecule has 0 aliphatic rings. The predicted molar refractivity (Wildman–Crippen MR) is 581 cm³/mol. The molecular formula is C121H112N8O12. The van der Waals surface area contributed by atoms with E-state index in [-0.39, 0.29) is 69.1 Å². The molecule has 24 rings (SSSR count). The normalized spacial score (nSPS) is 11.5. The first kappa shape index (κ1) is 94.4. The van der Waals surface area contributed by atoms with Gasteiger partial charge in [0, 0.05) is 255 Å². The van der Waals surface area contributed by atoms with Crippen LogP contribution in [0.15, 0.2) is 267 Å². The van der Waals surface area contributed by atoms with Crippen molar-refractivity contribution in [1.82, 2.24) is 36.5 Å². The smallest absolute Gasteiger partial charge is 0.133 e. The molecule has 141 heavy (non-hydrogen) atoms. The van der Waals surface area contributed by atoms with E-state index < -0.39 is 0 Å². The molecule has 8 heterocycles. The molecule has 0 bridgehead atoms. The molecule has 0 unspecified atom stereocenters. The predicted octanol–water partition coefficient (Wildman–Crippen LogP) is 28.8. The van der Waals surface area contributed by atoms with Crippen LogP contribution in [0.5, 0.6) is 46.0 Å². The van der Waals surface area contributed by atoms with Gasteiger partial charge in [0.1, 0.15) is 69.1 Å². The molecule has 0 fully saturated rings. The van der Waals surface area contributed by atoms with Crippen LogP contribution in [0.4, 0.5) is 0 Å². The van der Waals surface area contributed by atoms with E-state index in [1.807, 2.05) is 226 Å². The molecule has 0 radical (unpaired) electrons. The highest BCUT2D eigenvalue weighted by molar-refractivity contribution is 6.26. The SMILES string of the molecule is CC(C)=O.CC(C)=O.CC(C)=O.CC(C)=O.CCCCC.Cn1c2ccccc2c2cc(-c3c(O)c(-c4cc5c6ccccc6n(C)c5c(-c5cc6c7ccccc7n(C)c6cc5O)c4O)cc4c5ccccc5n(C)c34)c(O)cc21.Cn1c2ccccc2c2cc(-c3c(O)c(-c4cc5c6ccccc6n(C)c5c(-c5cc6c7ccccc7n(C)c6cc5O)c4O)cc4c5ccccc5n(C)c34)c(O)cc21. The molecule has 20 heteroatoms. The Morgan fingerprint density at radius 2 is 0.333 bits per heavy atom. The molecule has 0 saturated carbocycles. The van der Waals surface area contributed by atoms with Crippen molar-refractivity contribution < 1.29 is 60.0 Å². The van der Waals surface area contributed by atoms with Crippen LogP contribution in [0.1, 0.15) is 88.5 Å². The van der Waals surface area contributed by atoms with Gasteiger partial charge in [-0.1, -0.05) is 179 Å². The summed E-state index contributed by atoms with van der Waals surface area (Å²) in [5.74, 6) is 0.419. The maximum Gasteiger partial charge on any atom is 0.133 e. The van der Waals surface area contributed by atoms with Gasteiger partial charge in [-0.15, -0.1) is 0 Å². The standard InChI is InChI=1S/2C52H38N4O4.C5H12.4C3H6O/c2*1-53-39-17-9-5-13-27(39)31-21-37(45(57)25-43(31)53)47-49-33(29-15-7-11-19-41(29)55(49)3)23-35(51(47)59)36-24-34-30-16-8-12-20-42(30)56(4)50(34)48(52(36)60)38-22-32-28-14-6-10-18-40(28)54(2)44(32)26-46(38)58;1-3-5-4-2;4*1-3(2)4/h2*5-26,57-60H,1-4H3;3-5H2,1-2H3;4*1-2H3. The maximum atomic E-state index is 13.0. The van der Waals surface area contributed by atoms with Gasteiger partial charge in [0.25, 0.3) is 0 Å². The number of ketones is 4. The van der Waals surface area contributed by atoms with Crippen LogP contribution in [-0.2, 0) is 75.6 Å². The first-order valence-corrected chi connectivity index (χ1v) is 47.2. The van der Waals surface area contributed by atoms with Gasteiger partial charge in [-0.25, -0.2) is 0 Å². The Bertz CT molecular complexity index is 8260. The molecule has 8 aromatic heterocycles. The van der Waals surface area contributed by atoms with Crippen molar-refractivity contribution in [1.29, 1.82) is 0 Å². The van der Waals surface area contributed by atoms with Gasteiger partial charge in [0.15, 0.2) is 0 Å². The van der Waals surface area contributed by atoms with Gasteiger partial charge in [-0.2, -0.15) is 0 Å². The molecule has 20 nitrogen and oxygen atoms in total. The number of aromatic hydroxyl groups is 8. The Labute approximate surface area is 813 Å². The van der Waals surface area contributed by atoms with Crippen molar-refractivity contribution in [3.63, 3.8) is 0 Å². The number of unbranched alkanes of at least 4 members (excludes halogenated alkanes) is 2. The summed E-state index contributed by atoms with van der Waals surface area (Å²) in [5.41, 5.74) is 19.7.